The first-order valence-electron chi connectivity index (χ1n) is 5.34. The maximum absolute atomic E-state index is 11.8. The second-order valence-electron chi connectivity index (χ2n) is 3.81. The highest BCUT2D eigenvalue weighted by Gasteiger charge is 2.19. The van der Waals surface area contributed by atoms with Crippen molar-refractivity contribution in [3.8, 4) is 0 Å². The average molecular weight is 224 g/mol. The normalized spacial score (nSPS) is 17.7. The van der Waals surface area contributed by atoms with E-state index in [1.54, 1.807) is 0 Å². The summed E-state index contributed by atoms with van der Waals surface area (Å²) in [6.45, 7) is 0.794. The second-order valence-corrected chi connectivity index (χ2v) is 4.21. The predicted molar refractivity (Wildman–Crippen MR) is 62.3 cm³/mol. The van der Waals surface area contributed by atoms with Crippen molar-refractivity contribution >= 4 is 23.2 Å². The first-order chi connectivity index (χ1) is 7.29. The van der Waals surface area contributed by atoms with Crippen LogP contribution in [0.15, 0.2) is 24.3 Å². The van der Waals surface area contributed by atoms with Gasteiger partial charge in [-0.2, -0.15) is 0 Å². The molecule has 0 aliphatic carbocycles. The van der Waals surface area contributed by atoms with E-state index in [2.05, 4.69) is 0 Å². The number of amides is 1. The molecule has 0 bridgehead atoms. The predicted octanol–water partition coefficient (Wildman–Crippen LogP) is 3.25. The van der Waals surface area contributed by atoms with E-state index >= 15 is 0 Å². The monoisotopic (exact) mass is 223 g/mol. The average Bonchev–Trinajstić information content (AvgIpc) is 2.44. The van der Waals surface area contributed by atoms with Gasteiger partial charge in [-0.15, -0.1) is 0 Å². The lowest BCUT2D eigenvalue weighted by molar-refractivity contribution is -0.118. The number of carbonyl (C=O) groups excluding carboxylic acids is 1. The van der Waals surface area contributed by atoms with Crippen molar-refractivity contribution in [1.82, 2.24) is 0 Å². The lowest BCUT2D eigenvalue weighted by atomic mass is 10.2. The quantitative estimate of drug-likeness (QED) is 0.716. The van der Waals surface area contributed by atoms with Crippen molar-refractivity contribution < 1.29 is 4.79 Å². The molecule has 1 aromatic carbocycles. The van der Waals surface area contributed by atoms with Crippen LogP contribution in [0.3, 0.4) is 0 Å². The van der Waals surface area contributed by atoms with Crippen LogP contribution in [0.25, 0.3) is 0 Å². The third-order valence-electron chi connectivity index (χ3n) is 2.72. The molecule has 0 spiro atoms. The minimum Gasteiger partial charge on any atom is -0.311 e. The van der Waals surface area contributed by atoms with Gasteiger partial charge in [0.15, 0.2) is 0 Å². The molecule has 2 nitrogen and oxygen atoms in total. The summed E-state index contributed by atoms with van der Waals surface area (Å²) in [6, 6.07) is 7.54. The molecule has 1 amide bonds. The molecule has 1 saturated heterocycles. The zero-order valence-corrected chi connectivity index (χ0v) is 9.33. The summed E-state index contributed by atoms with van der Waals surface area (Å²) in [5, 5.41) is 0.660. The van der Waals surface area contributed by atoms with Gasteiger partial charge in [0.2, 0.25) is 5.91 Å². The number of rotatable bonds is 1. The molecule has 15 heavy (non-hydrogen) atoms. The number of hydrogen-bond acceptors (Lipinski definition) is 1. The lowest BCUT2D eigenvalue weighted by Gasteiger charge is -2.21. The number of benzene rings is 1. The number of anilines is 1. The van der Waals surface area contributed by atoms with E-state index in [0.717, 1.165) is 31.5 Å². The van der Waals surface area contributed by atoms with Gasteiger partial charge in [-0.1, -0.05) is 30.2 Å². The highest BCUT2D eigenvalue weighted by atomic mass is 35.5. The maximum atomic E-state index is 11.8. The van der Waals surface area contributed by atoms with Crippen LogP contribution < -0.4 is 4.90 Å². The smallest absolute Gasteiger partial charge is 0.227 e. The fourth-order valence-electron chi connectivity index (χ4n) is 1.91. The minimum atomic E-state index is 0.195. The summed E-state index contributed by atoms with van der Waals surface area (Å²) in [7, 11) is 0. The molecule has 80 valence electrons. The van der Waals surface area contributed by atoms with Crippen LogP contribution in [0.1, 0.15) is 25.7 Å². The highest BCUT2D eigenvalue weighted by molar-refractivity contribution is 6.33. The fourth-order valence-corrected chi connectivity index (χ4v) is 2.15. The van der Waals surface area contributed by atoms with Crippen molar-refractivity contribution in [2.24, 2.45) is 0 Å². The molecule has 0 saturated carbocycles. The van der Waals surface area contributed by atoms with Gasteiger partial charge < -0.3 is 4.90 Å². The van der Waals surface area contributed by atoms with E-state index in [9.17, 15) is 4.79 Å². The van der Waals surface area contributed by atoms with E-state index in [1.165, 1.54) is 0 Å². The van der Waals surface area contributed by atoms with Crippen molar-refractivity contribution in [2.75, 3.05) is 11.4 Å². The summed E-state index contributed by atoms with van der Waals surface area (Å²) < 4.78 is 0. The van der Waals surface area contributed by atoms with Crippen LogP contribution in [0.5, 0.6) is 0 Å². The molecule has 1 heterocycles. The standard InChI is InChI=1S/C12H14ClNO/c13-10-6-3-4-7-11(10)14-9-5-1-2-8-12(14)15/h3-4,6-7H,1-2,5,8-9H2. The van der Waals surface area contributed by atoms with Gasteiger partial charge in [0.25, 0.3) is 0 Å². The Labute approximate surface area is 94.8 Å². The molecular weight excluding hydrogens is 210 g/mol. The van der Waals surface area contributed by atoms with Crippen molar-refractivity contribution in [2.45, 2.75) is 25.7 Å². The van der Waals surface area contributed by atoms with Gasteiger partial charge >= 0.3 is 0 Å². The van der Waals surface area contributed by atoms with Crippen LogP contribution in [-0.4, -0.2) is 12.5 Å². The molecule has 0 aromatic heterocycles. The highest BCUT2D eigenvalue weighted by Crippen LogP contribution is 2.27. The Morgan fingerprint density at radius 3 is 2.73 bits per heavy atom. The van der Waals surface area contributed by atoms with Gasteiger partial charge in [0, 0.05) is 13.0 Å². The Morgan fingerprint density at radius 1 is 1.13 bits per heavy atom. The van der Waals surface area contributed by atoms with Crippen LogP contribution in [-0.2, 0) is 4.79 Å². The summed E-state index contributed by atoms with van der Waals surface area (Å²) in [4.78, 5) is 13.6. The molecule has 3 heteroatoms. The van der Waals surface area contributed by atoms with Gasteiger partial charge in [-0.3, -0.25) is 4.79 Å². The van der Waals surface area contributed by atoms with Crippen molar-refractivity contribution in [3.63, 3.8) is 0 Å². The lowest BCUT2D eigenvalue weighted by Crippen LogP contribution is -2.30. The zero-order valence-electron chi connectivity index (χ0n) is 8.58. The van der Waals surface area contributed by atoms with Gasteiger partial charge in [-0.25, -0.2) is 0 Å². The summed E-state index contributed by atoms with van der Waals surface area (Å²) in [6.07, 6.45) is 3.84. The van der Waals surface area contributed by atoms with Gasteiger partial charge in [-0.05, 0) is 25.0 Å². The Kier molecular flexibility index (Phi) is 3.27. The number of nitrogens with zero attached hydrogens (tertiary/aromatic N) is 1. The van der Waals surface area contributed by atoms with Crippen molar-refractivity contribution in [3.05, 3.63) is 29.3 Å². The fraction of sp³-hybridized carbons (Fsp3) is 0.417. The van der Waals surface area contributed by atoms with Crippen LogP contribution in [0.2, 0.25) is 5.02 Å². The molecule has 1 aliphatic rings. The summed E-state index contributed by atoms with van der Waals surface area (Å²) in [5.74, 6) is 0.195. The topological polar surface area (TPSA) is 20.3 Å². The number of halogens is 1. The molecule has 0 unspecified atom stereocenters. The molecule has 1 aromatic rings. The third kappa shape index (κ3) is 2.32. The first kappa shape index (κ1) is 10.5. The van der Waals surface area contributed by atoms with Crippen LogP contribution in [0, 0.1) is 0 Å². The molecule has 2 rings (SSSR count). The Balaban J connectivity index is 2.28. The largest absolute Gasteiger partial charge is 0.311 e. The Bertz CT molecular complexity index is 364. The van der Waals surface area contributed by atoms with Gasteiger partial charge in [0.1, 0.15) is 0 Å². The number of hydrogen-bond donors (Lipinski definition) is 0. The number of carbonyl (C=O) groups is 1. The summed E-state index contributed by atoms with van der Waals surface area (Å²) >= 11 is 6.08. The first-order valence-corrected chi connectivity index (χ1v) is 5.72. The molecular formula is C12H14ClNO. The molecule has 1 aliphatic heterocycles. The Hall–Kier alpha value is -1.02. The van der Waals surface area contributed by atoms with E-state index in [1.807, 2.05) is 29.2 Å². The molecule has 1 fully saturated rings. The van der Waals surface area contributed by atoms with Crippen LogP contribution >= 0.6 is 11.6 Å². The second kappa shape index (κ2) is 4.67. The van der Waals surface area contributed by atoms with Crippen LogP contribution in [0.4, 0.5) is 5.69 Å². The van der Waals surface area contributed by atoms with Crippen molar-refractivity contribution in [1.29, 1.82) is 0 Å². The SMILES string of the molecule is O=C1CCCCCN1c1ccccc1Cl. The van der Waals surface area contributed by atoms with E-state index < -0.39 is 0 Å². The zero-order chi connectivity index (χ0) is 10.7. The summed E-state index contributed by atoms with van der Waals surface area (Å²) in [5.41, 5.74) is 0.853. The minimum absolute atomic E-state index is 0.195. The third-order valence-corrected chi connectivity index (χ3v) is 3.04. The van der Waals surface area contributed by atoms with E-state index in [0.29, 0.717) is 11.4 Å². The Morgan fingerprint density at radius 2 is 1.93 bits per heavy atom. The molecule has 0 radical (unpaired) electrons. The van der Waals surface area contributed by atoms with E-state index in [-0.39, 0.29) is 5.91 Å². The molecule has 0 atom stereocenters. The van der Waals surface area contributed by atoms with Gasteiger partial charge in [0.05, 0.1) is 10.7 Å². The van der Waals surface area contributed by atoms with E-state index in [4.69, 9.17) is 11.6 Å². The molecule has 0 N–H and O–H groups in total. The maximum Gasteiger partial charge on any atom is 0.227 e. The number of para-hydroxylation sites is 1.